The molecule has 2 aromatic rings. The minimum absolute atomic E-state index is 0.00531. The smallest absolute Gasteiger partial charge is 0.265 e. The molecule has 2 rings (SSSR count). The Morgan fingerprint density at radius 2 is 1.81 bits per heavy atom. The molecule has 0 radical (unpaired) electrons. The molecule has 8 heteroatoms. The van der Waals surface area contributed by atoms with Crippen molar-refractivity contribution in [1.29, 1.82) is 0 Å². The van der Waals surface area contributed by atoms with Gasteiger partial charge < -0.3 is 4.74 Å². The minimum Gasteiger partial charge on any atom is -0.487 e. The summed E-state index contributed by atoms with van der Waals surface area (Å²) in [5.41, 5.74) is 0.491. The lowest BCUT2D eigenvalue weighted by Gasteiger charge is -2.10. The Bertz CT molecular complexity index is 778. The molecule has 0 fully saturated rings. The fourth-order valence-corrected chi connectivity index (χ4v) is 2.93. The lowest BCUT2D eigenvalue weighted by atomic mass is 10.2. The number of rotatable bonds is 4. The summed E-state index contributed by atoms with van der Waals surface area (Å²) >= 11 is 11.3. The van der Waals surface area contributed by atoms with Crippen LogP contribution in [0.25, 0.3) is 0 Å². The normalized spacial score (nSPS) is 11.4. The van der Waals surface area contributed by atoms with E-state index in [0.29, 0.717) is 5.56 Å². The summed E-state index contributed by atoms with van der Waals surface area (Å²) in [7, 11) is 1.31. The third kappa shape index (κ3) is 4.23. The fourth-order valence-electron chi connectivity index (χ4n) is 1.58. The van der Waals surface area contributed by atoms with Crippen LogP contribution in [0, 0.1) is 5.82 Å². The van der Waals surface area contributed by atoms with Gasteiger partial charge in [0.05, 0.1) is 5.02 Å². The number of benzene rings is 2. The molecule has 21 heavy (non-hydrogen) atoms. The Morgan fingerprint density at radius 3 is 2.43 bits per heavy atom. The maximum Gasteiger partial charge on any atom is 0.265 e. The maximum absolute atomic E-state index is 13.3. The van der Waals surface area contributed by atoms with Crippen LogP contribution in [-0.4, -0.2) is 8.42 Å². The maximum atomic E-state index is 13.3. The van der Waals surface area contributed by atoms with Crippen LogP contribution in [0.2, 0.25) is 10.0 Å². The van der Waals surface area contributed by atoms with Gasteiger partial charge in [0, 0.05) is 15.7 Å². The Hall–Kier alpha value is -1.01. The number of hydrogen-bond donors (Lipinski definition) is 0. The largest absolute Gasteiger partial charge is 0.487 e. The molecule has 0 bridgehead atoms. The molecule has 0 amide bonds. The predicted molar refractivity (Wildman–Crippen MR) is 80.2 cm³/mol. The Balaban J connectivity index is 2.26. The van der Waals surface area contributed by atoms with Crippen LogP contribution >= 0.6 is 33.9 Å². The Kier molecular flexibility index (Phi) is 4.99. The van der Waals surface area contributed by atoms with Gasteiger partial charge in [-0.15, -0.1) is 0 Å². The van der Waals surface area contributed by atoms with E-state index in [1.807, 2.05) is 0 Å². The average molecular weight is 370 g/mol. The van der Waals surface area contributed by atoms with Gasteiger partial charge >= 0.3 is 0 Å². The van der Waals surface area contributed by atoms with Crippen LogP contribution in [-0.2, 0) is 15.7 Å². The van der Waals surface area contributed by atoms with Crippen LogP contribution in [0.1, 0.15) is 5.56 Å². The van der Waals surface area contributed by atoms with Gasteiger partial charge in [-0.2, -0.15) is 0 Å². The summed E-state index contributed by atoms with van der Waals surface area (Å²) in [5.74, 6) is -0.552. The third-order valence-corrected chi connectivity index (χ3v) is 4.43. The molecule has 112 valence electrons. The van der Waals surface area contributed by atoms with E-state index in [-0.39, 0.29) is 27.3 Å². The summed E-state index contributed by atoms with van der Waals surface area (Å²) in [5, 5.41) is 0.202. The van der Waals surface area contributed by atoms with Crippen LogP contribution in [0.3, 0.4) is 0 Å². The molecule has 0 spiro atoms. The molecule has 0 N–H and O–H groups in total. The second kappa shape index (κ2) is 6.40. The minimum atomic E-state index is -4.01. The molecule has 0 atom stereocenters. The van der Waals surface area contributed by atoms with Gasteiger partial charge in [0.25, 0.3) is 9.05 Å². The Morgan fingerprint density at radius 1 is 1.10 bits per heavy atom. The summed E-state index contributed by atoms with van der Waals surface area (Å²) < 4.78 is 41.6. The summed E-state index contributed by atoms with van der Waals surface area (Å²) in [6.45, 7) is -0.0465. The molecule has 0 aromatic heterocycles. The van der Waals surface area contributed by atoms with E-state index in [2.05, 4.69) is 0 Å². The van der Waals surface area contributed by atoms with Gasteiger partial charge in [-0.25, -0.2) is 12.8 Å². The van der Waals surface area contributed by atoms with Gasteiger partial charge in [-0.1, -0.05) is 29.3 Å². The van der Waals surface area contributed by atoms with Gasteiger partial charge in [0.2, 0.25) is 0 Å². The van der Waals surface area contributed by atoms with Crippen molar-refractivity contribution in [2.24, 2.45) is 0 Å². The summed E-state index contributed by atoms with van der Waals surface area (Å²) in [6.07, 6.45) is 0. The Labute approximate surface area is 135 Å². The predicted octanol–water partition coefficient (Wildman–Crippen LogP) is 4.64. The molecule has 3 nitrogen and oxygen atoms in total. The second-order valence-corrected chi connectivity index (χ2v) is 7.44. The summed E-state index contributed by atoms with van der Waals surface area (Å²) in [4.78, 5) is -0.244. The molecule has 0 heterocycles. The molecule has 0 aliphatic rings. The van der Waals surface area contributed by atoms with Crippen LogP contribution in [0.5, 0.6) is 5.75 Å². The highest BCUT2D eigenvalue weighted by Crippen LogP contribution is 2.30. The monoisotopic (exact) mass is 368 g/mol. The lowest BCUT2D eigenvalue weighted by molar-refractivity contribution is 0.297. The van der Waals surface area contributed by atoms with Gasteiger partial charge in [0.15, 0.2) is 0 Å². The van der Waals surface area contributed by atoms with Crippen molar-refractivity contribution >= 4 is 42.9 Å². The van der Waals surface area contributed by atoms with Crippen molar-refractivity contribution in [2.45, 2.75) is 11.5 Å². The first-order valence-electron chi connectivity index (χ1n) is 5.58. The van der Waals surface area contributed by atoms with Gasteiger partial charge in [-0.3, -0.25) is 0 Å². The standard InChI is InChI=1S/C13H8Cl3FO3S/c14-9-2-4-12(13(6-9)21(16,18)19)20-7-8-1-3-10(15)11(17)5-8/h1-6H,7H2. The van der Waals surface area contributed by atoms with Crippen molar-refractivity contribution in [3.8, 4) is 5.75 Å². The third-order valence-electron chi connectivity index (χ3n) is 2.55. The molecular weight excluding hydrogens is 362 g/mol. The highest BCUT2D eigenvalue weighted by molar-refractivity contribution is 8.13. The molecule has 0 unspecified atom stereocenters. The first kappa shape index (κ1) is 16.4. The van der Waals surface area contributed by atoms with Crippen molar-refractivity contribution in [3.63, 3.8) is 0 Å². The van der Waals surface area contributed by atoms with Crippen molar-refractivity contribution in [2.75, 3.05) is 0 Å². The van der Waals surface area contributed by atoms with Gasteiger partial charge in [0.1, 0.15) is 23.1 Å². The highest BCUT2D eigenvalue weighted by atomic mass is 35.7. The SMILES string of the molecule is O=S(=O)(Cl)c1cc(Cl)ccc1OCc1ccc(Cl)c(F)c1. The number of halogens is 4. The average Bonchev–Trinajstić information content (AvgIpc) is 2.40. The topological polar surface area (TPSA) is 43.4 Å². The summed E-state index contributed by atoms with van der Waals surface area (Å²) in [6, 6.07) is 8.18. The van der Waals surface area contributed by atoms with Crippen LogP contribution in [0.15, 0.2) is 41.3 Å². The van der Waals surface area contributed by atoms with Crippen LogP contribution in [0.4, 0.5) is 4.39 Å². The van der Waals surface area contributed by atoms with E-state index in [4.69, 9.17) is 38.6 Å². The van der Waals surface area contributed by atoms with E-state index in [1.54, 1.807) is 6.07 Å². The van der Waals surface area contributed by atoms with Crippen molar-refractivity contribution in [1.82, 2.24) is 0 Å². The van der Waals surface area contributed by atoms with Gasteiger partial charge in [-0.05, 0) is 35.9 Å². The zero-order valence-electron chi connectivity index (χ0n) is 10.3. The number of hydrogen-bond acceptors (Lipinski definition) is 3. The fraction of sp³-hybridized carbons (Fsp3) is 0.0769. The van der Waals surface area contributed by atoms with Crippen LogP contribution < -0.4 is 4.74 Å². The van der Waals surface area contributed by atoms with Crippen molar-refractivity contribution in [3.05, 3.63) is 57.8 Å². The van der Waals surface area contributed by atoms with Crippen molar-refractivity contribution < 1.29 is 17.5 Å². The van der Waals surface area contributed by atoms with E-state index in [0.717, 1.165) is 0 Å². The lowest BCUT2D eigenvalue weighted by Crippen LogP contribution is -2.01. The quantitative estimate of drug-likeness (QED) is 0.737. The first-order chi connectivity index (χ1) is 9.77. The molecule has 2 aromatic carbocycles. The van der Waals surface area contributed by atoms with E-state index < -0.39 is 14.9 Å². The molecule has 0 saturated carbocycles. The highest BCUT2D eigenvalue weighted by Gasteiger charge is 2.17. The number of ether oxygens (including phenoxy) is 1. The second-order valence-electron chi connectivity index (χ2n) is 4.07. The van der Waals surface area contributed by atoms with E-state index >= 15 is 0 Å². The molecule has 0 saturated heterocycles. The van der Waals surface area contributed by atoms with E-state index in [9.17, 15) is 12.8 Å². The zero-order chi connectivity index (χ0) is 15.6. The van der Waals surface area contributed by atoms with E-state index in [1.165, 1.54) is 30.3 Å². The molecular formula is C13H8Cl3FO3S. The zero-order valence-corrected chi connectivity index (χ0v) is 13.4. The molecule has 0 aliphatic carbocycles. The molecule has 0 aliphatic heterocycles. The first-order valence-corrected chi connectivity index (χ1v) is 8.65.